The molecule has 3 aliphatic heterocycles. The van der Waals surface area contributed by atoms with Crippen LogP contribution in [0.4, 0.5) is 9.18 Å². The quantitative estimate of drug-likeness (QED) is 0.260. The highest BCUT2D eigenvalue weighted by Crippen LogP contribution is 2.56. The Labute approximate surface area is 344 Å². The average molecular weight is 838 g/mol. The number of methoxy groups -OCH3 is 1. The fraction of sp³-hybridized carbons (Fsp3) is 0.651. The molecule has 1 saturated heterocycles. The number of carbonyl (C=O) groups is 4. The molecule has 4 amide bonds. The summed E-state index contributed by atoms with van der Waals surface area (Å²) in [5.74, 6) is -1.83. The number of aromatic nitrogens is 1. The summed E-state index contributed by atoms with van der Waals surface area (Å²) in [5, 5.41) is 14.0. The Morgan fingerprint density at radius 2 is 1.90 bits per heavy atom. The second kappa shape index (κ2) is 14.9. The van der Waals surface area contributed by atoms with E-state index in [1.54, 1.807) is 39.0 Å². The first-order valence-electron chi connectivity index (χ1n) is 21.2. The van der Waals surface area contributed by atoms with Crippen LogP contribution in [0, 0.1) is 5.92 Å². The Balaban J connectivity index is 1.22. The minimum Gasteiger partial charge on any atom is -0.497 e. The van der Waals surface area contributed by atoms with Crippen LogP contribution in [0.1, 0.15) is 135 Å². The van der Waals surface area contributed by atoms with Crippen molar-refractivity contribution in [1.82, 2.24) is 24.8 Å². The van der Waals surface area contributed by atoms with Gasteiger partial charge in [-0.25, -0.2) is 22.6 Å². The summed E-state index contributed by atoms with van der Waals surface area (Å²) in [4.78, 5) is 64.8. The first-order valence-corrected chi connectivity index (χ1v) is 22.7. The van der Waals surface area contributed by atoms with Gasteiger partial charge in [0.2, 0.25) is 21.8 Å². The number of halogens is 1. The van der Waals surface area contributed by atoms with Gasteiger partial charge < -0.3 is 24.8 Å². The van der Waals surface area contributed by atoms with Crippen molar-refractivity contribution in [2.75, 3.05) is 7.11 Å². The average Bonchev–Trinajstić information content (AvgIpc) is 4.12. The summed E-state index contributed by atoms with van der Waals surface area (Å²) in [5.41, 5.74) is -1.51. The molecule has 2 unspecified atom stereocenters. The molecule has 4 fully saturated rings. The Kier molecular flexibility index (Phi) is 10.4. The van der Waals surface area contributed by atoms with E-state index in [0.29, 0.717) is 72.2 Å². The molecule has 4 heterocycles. The fourth-order valence-electron chi connectivity index (χ4n) is 9.64. The molecule has 3 saturated carbocycles. The third kappa shape index (κ3) is 7.10. The molecule has 0 radical (unpaired) electrons. The maximum Gasteiger partial charge on any atom is 0.408 e. The van der Waals surface area contributed by atoms with Gasteiger partial charge in [-0.2, -0.15) is 0 Å². The number of nitrogens with zero attached hydrogens (tertiary/aromatic N) is 3. The topological polar surface area (TPSA) is 185 Å². The number of pyridine rings is 1. The molecule has 1 spiro atoms. The molecule has 1 aromatic heterocycles. The molecular weight excluding hydrogens is 782 g/mol. The van der Waals surface area contributed by atoms with Gasteiger partial charge in [0.05, 0.1) is 29.1 Å². The minimum atomic E-state index is -4.06. The van der Waals surface area contributed by atoms with Crippen LogP contribution in [0.5, 0.6) is 11.5 Å². The number of hydrogen-bond donors (Lipinski definition) is 3. The van der Waals surface area contributed by atoms with Gasteiger partial charge in [0, 0.05) is 41.7 Å². The van der Waals surface area contributed by atoms with Gasteiger partial charge in [0.25, 0.3) is 5.91 Å². The largest absolute Gasteiger partial charge is 0.497 e. The van der Waals surface area contributed by atoms with Gasteiger partial charge in [-0.3, -0.25) is 24.0 Å². The summed E-state index contributed by atoms with van der Waals surface area (Å²) in [6.07, 6.45) is 6.39. The summed E-state index contributed by atoms with van der Waals surface area (Å²) in [7, 11) is -2.53. The van der Waals surface area contributed by atoms with Crippen LogP contribution in [0.15, 0.2) is 30.4 Å². The first-order chi connectivity index (χ1) is 28.0. The zero-order valence-electron chi connectivity index (χ0n) is 34.5. The highest BCUT2D eigenvalue weighted by atomic mass is 32.2. The second-order valence-electron chi connectivity index (χ2n) is 18.1. The second-order valence-corrected chi connectivity index (χ2v) is 20.3. The SMILES string of the molecule is CCC(C)N(C(=O)O)[C@H]1CCCCC/C=C\[C@@H]2C[C@@]2(C(=O)NS(=O)(=O)C2(C)CC2)NC(=O)[C@@H]2C[C@]3(C[C@@H](F)c4c(c(C5CC5)nc5ccc(OC)cc45)O3)C(C)N2C1=O. The standard InChI is InChI=1S/C43H56FN5O9S/c1-6-24(2)48(40(53)54)32-13-11-9-7-8-10-12-27-21-43(27,39(52)47-59(55,56)41(4)18-19-41)46-37(50)33-23-42(25(3)49(33)38(32)51)22-30(44)34-29-20-28(57-5)16-17-31(29)45-35(26-14-15-26)36(34)58-42/h10,12,16-17,20,24-27,30,32-33H,6-9,11,13-15,18-19,21-23H2,1-5H3,(H,46,50)(H,47,52)(H,53,54)/b12-10-/t24?,25?,27-,30-,32+,33+,42-,43-/m1/s1. The maximum atomic E-state index is 17.3. The van der Waals surface area contributed by atoms with E-state index in [0.717, 1.165) is 19.3 Å². The van der Waals surface area contributed by atoms with E-state index in [4.69, 9.17) is 14.5 Å². The number of alkyl halides is 1. The van der Waals surface area contributed by atoms with Crippen LogP contribution in [0.3, 0.4) is 0 Å². The van der Waals surface area contributed by atoms with E-state index in [1.165, 1.54) is 16.9 Å². The molecule has 59 heavy (non-hydrogen) atoms. The molecule has 3 N–H and O–H groups in total. The minimum absolute atomic E-state index is 0.0427. The number of amides is 4. The van der Waals surface area contributed by atoms with Crippen LogP contribution in [-0.4, -0.2) is 99.3 Å². The summed E-state index contributed by atoms with van der Waals surface area (Å²) < 4.78 is 57.6. The molecule has 0 bridgehead atoms. The summed E-state index contributed by atoms with van der Waals surface area (Å²) in [6.45, 7) is 6.87. The Bertz CT molecular complexity index is 2210. The lowest BCUT2D eigenvalue weighted by molar-refractivity contribution is -0.146. The smallest absolute Gasteiger partial charge is 0.408 e. The van der Waals surface area contributed by atoms with Crippen LogP contribution in [-0.2, 0) is 24.4 Å². The third-order valence-electron chi connectivity index (χ3n) is 14.2. The van der Waals surface area contributed by atoms with Crippen molar-refractivity contribution in [3.05, 3.63) is 41.6 Å². The number of ether oxygens (including phenoxy) is 2. The lowest BCUT2D eigenvalue weighted by Crippen LogP contribution is -2.61. The number of hydrogen-bond acceptors (Lipinski definition) is 9. The molecule has 14 nitrogen and oxygen atoms in total. The highest BCUT2D eigenvalue weighted by Gasteiger charge is 2.65. The molecular formula is C43H56FN5O9S. The monoisotopic (exact) mass is 837 g/mol. The van der Waals surface area contributed by atoms with Crippen molar-refractivity contribution in [3.8, 4) is 11.5 Å². The van der Waals surface area contributed by atoms with Crippen LogP contribution < -0.4 is 19.5 Å². The van der Waals surface area contributed by atoms with Gasteiger partial charge in [0.15, 0.2) is 0 Å². The van der Waals surface area contributed by atoms with Crippen molar-refractivity contribution >= 4 is 44.7 Å². The maximum absolute atomic E-state index is 17.3. The number of fused-ring (bicyclic) bond motifs is 5. The van der Waals surface area contributed by atoms with Gasteiger partial charge in [-0.1, -0.05) is 31.9 Å². The van der Waals surface area contributed by atoms with E-state index in [9.17, 15) is 27.9 Å². The van der Waals surface area contributed by atoms with Gasteiger partial charge in [0.1, 0.15) is 40.9 Å². The van der Waals surface area contributed by atoms with E-state index in [2.05, 4.69) is 10.0 Å². The zero-order valence-corrected chi connectivity index (χ0v) is 35.3. The predicted octanol–water partition coefficient (Wildman–Crippen LogP) is 6.18. The van der Waals surface area contributed by atoms with Crippen LogP contribution in [0.25, 0.3) is 10.9 Å². The molecule has 16 heteroatoms. The van der Waals surface area contributed by atoms with Gasteiger partial charge >= 0.3 is 6.09 Å². The van der Waals surface area contributed by atoms with E-state index in [1.807, 2.05) is 19.1 Å². The van der Waals surface area contributed by atoms with Gasteiger partial charge in [-0.05, 0) is 96.8 Å². The first kappa shape index (κ1) is 41.3. The number of rotatable bonds is 8. The van der Waals surface area contributed by atoms with E-state index >= 15 is 9.18 Å². The fourth-order valence-corrected chi connectivity index (χ4v) is 11.0. The van der Waals surface area contributed by atoms with Crippen molar-refractivity contribution in [2.24, 2.45) is 5.92 Å². The third-order valence-corrected chi connectivity index (χ3v) is 16.3. The van der Waals surface area contributed by atoms with Crippen molar-refractivity contribution in [2.45, 2.75) is 163 Å². The lowest BCUT2D eigenvalue weighted by Gasteiger charge is -2.43. The highest BCUT2D eigenvalue weighted by molar-refractivity contribution is 7.91. The number of sulfonamides is 1. The predicted molar refractivity (Wildman–Crippen MR) is 216 cm³/mol. The van der Waals surface area contributed by atoms with Crippen molar-refractivity contribution in [3.63, 3.8) is 0 Å². The Morgan fingerprint density at radius 1 is 1.15 bits per heavy atom. The molecule has 8 rings (SSSR count). The van der Waals surface area contributed by atoms with Crippen molar-refractivity contribution < 1.29 is 46.6 Å². The van der Waals surface area contributed by atoms with E-state index < -0.39 is 86.0 Å². The molecule has 3 aliphatic carbocycles. The molecule has 2 aromatic rings. The number of allylic oxidation sites excluding steroid dienone is 1. The summed E-state index contributed by atoms with van der Waals surface area (Å²) in [6, 6.07) is 1.34. The zero-order chi connectivity index (χ0) is 42.2. The molecule has 6 aliphatic rings. The number of benzene rings is 1. The molecule has 320 valence electrons. The van der Waals surface area contributed by atoms with E-state index in [-0.39, 0.29) is 31.6 Å². The van der Waals surface area contributed by atoms with Gasteiger partial charge in [-0.15, -0.1) is 0 Å². The normalized spacial score (nSPS) is 32.6. The van der Waals surface area contributed by atoms with Crippen LogP contribution in [0.2, 0.25) is 0 Å². The molecule has 1 aromatic carbocycles. The Hall–Kier alpha value is -4.47. The number of carbonyl (C=O) groups excluding carboxylic acids is 3. The summed E-state index contributed by atoms with van der Waals surface area (Å²) >= 11 is 0. The lowest BCUT2D eigenvalue weighted by atomic mass is 9.82. The number of nitrogens with one attached hydrogen (secondary N) is 2. The Morgan fingerprint density at radius 3 is 2.56 bits per heavy atom. The van der Waals surface area contributed by atoms with Crippen LogP contribution >= 0.6 is 0 Å². The molecule has 8 atom stereocenters. The van der Waals surface area contributed by atoms with Crippen molar-refractivity contribution in [1.29, 1.82) is 0 Å². The number of carboxylic acid groups (broad SMARTS) is 1.